The number of hydrogen-bond acceptors (Lipinski definition) is 2. The van der Waals surface area contributed by atoms with Crippen molar-refractivity contribution in [2.75, 3.05) is 6.54 Å². The Kier molecular flexibility index (Phi) is 3.10. The molecule has 3 atom stereocenters. The Hall–Kier alpha value is -0.280. The maximum atomic E-state index is 13.4. The van der Waals surface area contributed by atoms with Crippen LogP contribution >= 0.6 is 18.9 Å². The molecule has 6 heteroatoms. The summed E-state index contributed by atoms with van der Waals surface area (Å²) in [5.41, 5.74) is -0.185. The van der Waals surface area contributed by atoms with Crippen molar-refractivity contribution in [1.82, 2.24) is 4.67 Å². The fourth-order valence-electron chi connectivity index (χ4n) is 2.85. The Morgan fingerprint density at radius 1 is 1.39 bits per heavy atom. The highest BCUT2D eigenvalue weighted by molar-refractivity contribution is 7.78. The van der Waals surface area contributed by atoms with Gasteiger partial charge in [-0.05, 0) is 48.7 Å². The Balaban J connectivity index is 2.04. The van der Waals surface area contributed by atoms with E-state index in [2.05, 4.69) is 4.67 Å². The van der Waals surface area contributed by atoms with Crippen LogP contribution < -0.4 is 0 Å². The van der Waals surface area contributed by atoms with Crippen LogP contribution in [0.3, 0.4) is 0 Å². The van der Waals surface area contributed by atoms with Gasteiger partial charge < -0.3 is 4.52 Å². The molecule has 1 unspecified atom stereocenters. The summed E-state index contributed by atoms with van der Waals surface area (Å²) in [6.45, 7) is 2.77. The first-order chi connectivity index (χ1) is 8.50. The van der Waals surface area contributed by atoms with Crippen molar-refractivity contribution in [2.24, 2.45) is 0 Å². The Labute approximate surface area is 111 Å². The topological polar surface area (TPSA) is 12.5 Å². The van der Waals surface area contributed by atoms with Gasteiger partial charge in [-0.1, -0.05) is 0 Å². The minimum absolute atomic E-state index is 0.113. The van der Waals surface area contributed by atoms with Crippen LogP contribution in [0.15, 0.2) is 18.2 Å². The summed E-state index contributed by atoms with van der Waals surface area (Å²) in [4.78, 5) is 0. The second kappa shape index (κ2) is 4.38. The fraction of sp³-hybridized carbons (Fsp3) is 0.500. The van der Waals surface area contributed by atoms with Gasteiger partial charge in [-0.25, -0.2) is 13.5 Å². The van der Waals surface area contributed by atoms with Crippen molar-refractivity contribution in [3.05, 3.63) is 35.4 Å². The molecule has 0 N–H and O–H groups in total. The molecule has 0 amide bonds. The predicted molar refractivity (Wildman–Crippen MR) is 67.3 cm³/mol. The van der Waals surface area contributed by atoms with Crippen LogP contribution in [0.2, 0.25) is 0 Å². The Morgan fingerprint density at radius 2 is 2.06 bits per heavy atom. The number of nitrogens with zero attached hydrogens (tertiary/aromatic N) is 1. The zero-order valence-corrected chi connectivity index (χ0v) is 11.5. The molecule has 18 heavy (non-hydrogen) atoms. The van der Waals surface area contributed by atoms with Crippen molar-refractivity contribution >= 4 is 18.9 Å². The van der Waals surface area contributed by atoms with Gasteiger partial charge >= 0.3 is 0 Å². The quantitative estimate of drug-likeness (QED) is 0.721. The van der Waals surface area contributed by atoms with Gasteiger partial charge in [-0.15, -0.1) is 0 Å². The van der Waals surface area contributed by atoms with Crippen molar-refractivity contribution in [2.45, 2.75) is 31.4 Å². The average Bonchev–Trinajstić information content (AvgIpc) is 2.83. The molecular weight excluding hydrogens is 279 g/mol. The summed E-state index contributed by atoms with van der Waals surface area (Å²) in [7, 11) is -1.18. The lowest BCUT2D eigenvalue weighted by Gasteiger charge is -2.29. The van der Waals surface area contributed by atoms with Crippen LogP contribution in [0.25, 0.3) is 0 Å². The molecule has 1 aromatic carbocycles. The highest BCUT2D eigenvalue weighted by Crippen LogP contribution is 2.64. The van der Waals surface area contributed by atoms with Crippen LogP contribution in [0.4, 0.5) is 8.78 Å². The van der Waals surface area contributed by atoms with Gasteiger partial charge in [-0.2, -0.15) is 0 Å². The zero-order chi connectivity index (χ0) is 12.9. The maximum absolute atomic E-state index is 13.4. The number of hydrogen-bond donors (Lipinski definition) is 0. The molecule has 2 fully saturated rings. The smallest absolute Gasteiger partial charge is 0.208 e. The normalized spacial score (nSPS) is 36.0. The third-order valence-corrected chi connectivity index (χ3v) is 5.97. The maximum Gasteiger partial charge on any atom is 0.208 e. The van der Waals surface area contributed by atoms with E-state index in [1.807, 2.05) is 6.92 Å². The third kappa shape index (κ3) is 1.87. The van der Waals surface area contributed by atoms with Gasteiger partial charge in [0.25, 0.3) is 0 Å². The molecule has 0 radical (unpaired) electrons. The van der Waals surface area contributed by atoms with Crippen molar-refractivity contribution in [1.29, 1.82) is 0 Å². The van der Waals surface area contributed by atoms with E-state index in [1.54, 1.807) is 0 Å². The molecule has 0 aliphatic carbocycles. The second-order valence-electron chi connectivity index (χ2n) is 4.90. The van der Waals surface area contributed by atoms with Crippen LogP contribution in [0.5, 0.6) is 0 Å². The summed E-state index contributed by atoms with van der Waals surface area (Å²) in [6.07, 6.45) is 1.99. The summed E-state index contributed by atoms with van der Waals surface area (Å²) < 4.78 is 34.7. The summed E-state index contributed by atoms with van der Waals surface area (Å²) >= 11 is 6.21. The SMILES string of the molecule is C[C@]1(c2cc(F)cc(F)c2)OP(Cl)N2CCC[C@H]21. The largest absolute Gasteiger partial charge is 0.319 e. The summed E-state index contributed by atoms with van der Waals surface area (Å²) in [6, 6.07) is 3.66. The lowest BCUT2D eigenvalue weighted by atomic mass is 9.87. The molecule has 2 nitrogen and oxygen atoms in total. The van der Waals surface area contributed by atoms with E-state index in [4.69, 9.17) is 15.8 Å². The van der Waals surface area contributed by atoms with Gasteiger partial charge in [0.05, 0.1) is 6.04 Å². The van der Waals surface area contributed by atoms with E-state index in [0.717, 1.165) is 25.5 Å². The van der Waals surface area contributed by atoms with E-state index < -0.39 is 24.9 Å². The highest BCUT2D eigenvalue weighted by Gasteiger charge is 2.53. The molecule has 2 aliphatic rings. The first-order valence-electron chi connectivity index (χ1n) is 5.89. The number of rotatable bonds is 1. The summed E-state index contributed by atoms with van der Waals surface area (Å²) in [5, 5.41) is 0. The van der Waals surface area contributed by atoms with E-state index in [0.29, 0.717) is 5.56 Å². The molecule has 2 saturated heterocycles. The second-order valence-corrected chi connectivity index (χ2v) is 6.92. The first-order valence-corrected chi connectivity index (χ1v) is 8.00. The van der Waals surface area contributed by atoms with E-state index >= 15 is 0 Å². The zero-order valence-electron chi connectivity index (χ0n) is 9.87. The standard InChI is InChI=1S/C12H13ClF2NOP/c1-12(8-5-9(14)7-10(15)6-8)11-3-2-4-16(11)18(13)17-12/h5-7,11H,2-4H2,1H3/t11-,12+,18?/m0/s1. The van der Waals surface area contributed by atoms with Crippen LogP contribution in [0.1, 0.15) is 25.3 Å². The number of fused-ring (bicyclic) bond motifs is 1. The molecule has 3 rings (SSSR count). The number of benzene rings is 1. The molecule has 0 bridgehead atoms. The summed E-state index contributed by atoms with van der Waals surface area (Å²) in [5.74, 6) is -1.16. The molecule has 0 saturated carbocycles. The highest BCUT2D eigenvalue weighted by atomic mass is 35.7. The third-order valence-electron chi connectivity index (χ3n) is 3.76. The minimum atomic E-state index is -1.18. The van der Waals surface area contributed by atoms with Crippen molar-refractivity contribution in [3.63, 3.8) is 0 Å². The molecule has 0 aromatic heterocycles. The average molecular weight is 292 g/mol. The molecular formula is C12H13ClF2NOP. The molecule has 2 aliphatic heterocycles. The van der Waals surface area contributed by atoms with Gasteiger partial charge in [-0.3, -0.25) is 0 Å². The van der Waals surface area contributed by atoms with Gasteiger partial charge in [0.1, 0.15) is 17.2 Å². The van der Waals surface area contributed by atoms with E-state index in [9.17, 15) is 8.78 Å². The molecule has 98 valence electrons. The van der Waals surface area contributed by atoms with Gasteiger partial charge in [0, 0.05) is 12.6 Å². The van der Waals surface area contributed by atoms with Gasteiger partial charge in [0.15, 0.2) is 0 Å². The van der Waals surface area contributed by atoms with Crippen LogP contribution in [-0.4, -0.2) is 17.3 Å². The number of halogens is 3. The van der Waals surface area contributed by atoms with E-state index in [-0.39, 0.29) is 6.04 Å². The molecule has 1 aromatic rings. The minimum Gasteiger partial charge on any atom is -0.319 e. The lowest BCUT2D eigenvalue weighted by molar-refractivity contribution is 0.0889. The van der Waals surface area contributed by atoms with Crippen molar-refractivity contribution < 1.29 is 13.3 Å². The first kappa shape index (κ1) is 12.7. The van der Waals surface area contributed by atoms with E-state index in [1.165, 1.54) is 12.1 Å². The van der Waals surface area contributed by atoms with Crippen LogP contribution in [-0.2, 0) is 10.1 Å². The Bertz CT molecular complexity index is 469. The van der Waals surface area contributed by atoms with Gasteiger partial charge in [0.2, 0.25) is 7.65 Å². The fourth-order valence-corrected chi connectivity index (χ4v) is 5.33. The Morgan fingerprint density at radius 3 is 2.72 bits per heavy atom. The molecule has 2 heterocycles. The predicted octanol–water partition coefficient (Wildman–Crippen LogP) is 4.14. The lowest BCUT2D eigenvalue weighted by Crippen LogP contribution is -2.36. The van der Waals surface area contributed by atoms with Crippen LogP contribution in [0, 0.1) is 11.6 Å². The monoisotopic (exact) mass is 291 g/mol. The molecule has 0 spiro atoms. The van der Waals surface area contributed by atoms with Crippen molar-refractivity contribution in [3.8, 4) is 0 Å².